The molecule has 37 heavy (non-hydrogen) atoms. The molecule has 1 unspecified atom stereocenters. The van der Waals surface area contributed by atoms with Crippen LogP contribution in [-0.2, 0) is 16.0 Å². The molecule has 2 aromatic rings. The maximum absolute atomic E-state index is 12.9. The lowest BCUT2D eigenvalue weighted by molar-refractivity contribution is -0.139. The topological polar surface area (TPSA) is 176 Å². The molecule has 0 saturated heterocycles. The van der Waals surface area contributed by atoms with E-state index in [4.69, 9.17) is 21.6 Å². The highest BCUT2D eigenvalue weighted by molar-refractivity contribution is 6.34. The predicted octanol–water partition coefficient (Wildman–Crippen LogP) is 1.87. The van der Waals surface area contributed by atoms with Crippen LogP contribution < -0.4 is 16.0 Å². The van der Waals surface area contributed by atoms with E-state index >= 15 is 0 Å². The van der Waals surface area contributed by atoms with Crippen molar-refractivity contribution in [1.82, 2.24) is 16.0 Å². The fourth-order valence-electron chi connectivity index (χ4n) is 3.54. The number of nitrogens with zero attached hydrogens (tertiary/aromatic N) is 2. The molecule has 6 N–H and O–H groups in total. The van der Waals surface area contributed by atoms with Gasteiger partial charge >= 0.3 is 5.97 Å². The lowest BCUT2D eigenvalue weighted by Crippen LogP contribution is -2.51. The molecule has 11 nitrogen and oxygen atoms in total. The van der Waals surface area contributed by atoms with Crippen molar-refractivity contribution in [1.29, 1.82) is 5.26 Å². The van der Waals surface area contributed by atoms with E-state index in [2.05, 4.69) is 20.9 Å². The Kier molecular flexibility index (Phi) is 11.6. The summed E-state index contributed by atoms with van der Waals surface area (Å²) in [5, 5.41) is 46.5. The number of carboxylic acid groups (broad SMARTS) is 1. The van der Waals surface area contributed by atoms with Gasteiger partial charge < -0.3 is 36.0 Å². The van der Waals surface area contributed by atoms with E-state index in [1.807, 2.05) is 0 Å². The smallest absolute Gasteiger partial charge is 0.328 e. The number of carbonyl (C=O) groups is 2. The molecule has 0 aliphatic rings. The number of benzene rings is 2. The second-order valence-electron chi connectivity index (χ2n) is 8.14. The average Bonchev–Trinajstić information content (AvgIpc) is 2.84. The van der Waals surface area contributed by atoms with Gasteiger partial charge in [0, 0.05) is 20.2 Å². The van der Waals surface area contributed by atoms with Crippen LogP contribution in [0.4, 0.5) is 0 Å². The van der Waals surface area contributed by atoms with E-state index < -0.39 is 24.0 Å². The number of phenols is 1. The highest BCUT2D eigenvalue weighted by atomic mass is 35.5. The number of ether oxygens (including phenoxy) is 1. The average molecular weight is 532 g/mol. The predicted molar refractivity (Wildman–Crippen MR) is 137 cm³/mol. The van der Waals surface area contributed by atoms with Gasteiger partial charge in [-0.2, -0.15) is 5.26 Å². The number of methoxy groups -OCH3 is 1. The number of amides is 1. The van der Waals surface area contributed by atoms with Crippen LogP contribution in [-0.4, -0.2) is 66.0 Å². The van der Waals surface area contributed by atoms with E-state index in [1.165, 1.54) is 19.2 Å². The lowest BCUT2D eigenvalue weighted by atomic mass is 9.98. The number of aliphatic hydroxyl groups is 1. The molecule has 1 amide bonds. The minimum absolute atomic E-state index is 0.0477. The Balaban J connectivity index is 2.05. The Morgan fingerprint density at radius 2 is 2.00 bits per heavy atom. The number of carboxylic acids is 1. The van der Waals surface area contributed by atoms with Gasteiger partial charge in [-0.15, -0.1) is 4.99 Å². The minimum atomic E-state index is -1.34. The van der Waals surface area contributed by atoms with E-state index in [-0.39, 0.29) is 28.8 Å². The lowest BCUT2D eigenvalue weighted by Gasteiger charge is -2.19. The number of aromatic hydroxyl groups is 1. The zero-order valence-electron chi connectivity index (χ0n) is 20.5. The van der Waals surface area contributed by atoms with Gasteiger partial charge in [-0.1, -0.05) is 29.8 Å². The Morgan fingerprint density at radius 3 is 2.62 bits per heavy atom. The first kappa shape index (κ1) is 29.4. The fourth-order valence-corrected chi connectivity index (χ4v) is 3.92. The first-order valence-corrected chi connectivity index (χ1v) is 11.8. The zero-order chi connectivity index (χ0) is 27.4. The molecule has 0 aliphatic heterocycles. The van der Waals surface area contributed by atoms with Crippen molar-refractivity contribution in [3.8, 4) is 11.9 Å². The number of guanidine groups is 1. The van der Waals surface area contributed by atoms with Gasteiger partial charge in [0.25, 0.3) is 5.91 Å². The molecule has 0 bridgehead atoms. The molecule has 0 aliphatic carbocycles. The number of aliphatic carboxylic acids is 1. The van der Waals surface area contributed by atoms with Gasteiger partial charge in [0.15, 0.2) is 0 Å². The number of aliphatic imine (C=N–C) groups is 1. The molecule has 0 saturated carbocycles. The molecule has 12 heteroatoms. The summed E-state index contributed by atoms with van der Waals surface area (Å²) in [5.41, 5.74) is 2.05. The number of halogens is 1. The van der Waals surface area contributed by atoms with Crippen LogP contribution in [0.2, 0.25) is 5.02 Å². The summed E-state index contributed by atoms with van der Waals surface area (Å²) < 4.78 is 4.90. The molecule has 0 radical (unpaired) electrons. The Morgan fingerprint density at radius 1 is 1.24 bits per heavy atom. The monoisotopic (exact) mass is 531 g/mol. The summed E-state index contributed by atoms with van der Waals surface area (Å²) in [6.45, 7) is 2.11. The molecule has 198 valence electrons. The highest BCUT2D eigenvalue weighted by Crippen LogP contribution is 2.26. The molecule has 2 atom stereocenters. The number of aliphatic hydroxyl groups excluding tert-OH is 1. The third-order valence-corrected chi connectivity index (χ3v) is 5.67. The van der Waals surface area contributed by atoms with Crippen molar-refractivity contribution < 1.29 is 29.6 Å². The van der Waals surface area contributed by atoms with Crippen molar-refractivity contribution in [2.75, 3.05) is 26.8 Å². The summed E-state index contributed by atoms with van der Waals surface area (Å²) in [6, 6.07) is 8.40. The van der Waals surface area contributed by atoms with Gasteiger partial charge in [-0.3, -0.25) is 4.79 Å². The number of nitriles is 1. The summed E-state index contributed by atoms with van der Waals surface area (Å²) in [4.78, 5) is 28.2. The van der Waals surface area contributed by atoms with Gasteiger partial charge in [0.05, 0.1) is 23.3 Å². The van der Waals surface area contributed by atoms with Crippen LogP contribution >= 0.6 is 11.6 Å². The molecule has 2 aromatic carbocycles. The summed E-state index contributed by atoms with van der Waals surface area (Å²) in [5.74, 6) is -1.85. The number of nitrogens with one attached hydrogen (secondary N) is 3. The second kappa shape index (κ2) is 14.6. The van der Waals surface area contributed by atoms with E-state index in [1.54, 1.807) is 37.4 Å². The van der Waals surface area contributed by atoms with E-state index in [0.717, 1.165) is 5.56 Å². The first-order valence-electron chi connectivity index (χ1n) is 11.4. The summed E-state index contributed by atoms with van der Waals surface area (Å²) in [7, 11) is 1.51. The van der Waals surface area contributed by atoms with Crippen LogP contribution in [0.5, 0.6) is 5.75 Å². The number of aryl methyl sites for hydroxylation is 2. The third kappa shape index (κ3) is 9.27. The molecule has 0 fully saturated rings. The van der Waals surface area contributed by atoms with Crippen molar-refractivity contribution in [2.45, 2.75) is 31.9 Å². The van der Waals surface area contributed by atoms with Crippen LogP contribution in [0.1, 0.15) is 39.6 Å². The quantitative estimate of drug-likeness (QED) is 0.103. The van der Waals surface area contributed by atoms with Crippen molar-refractivity contribution in [3.05, 3.63) is 63.7 Å². The highest BCUT2D eigenvalue weighted by Gasteiger charge is 2.24. The molecule has 2 rings (SSSR count). The molecule has 0 heterocycles. The SMILES string of the molecule is COCCN/C(=N/C#N)NC[C@H](NC(=O)c1c(C)cc(CCC(O)c2cccc(O)c2)cc1Cl)C(=O)O. The number of carbonyl (C=O) groups excluding carboxylic acids is 1. The second-order valence-corrected chi connectivity index (χ2v) is 8.55. The number of phenolic OH excluding ortho intramolecular Hbond substituents is 1. The standard InChI is InChI=1S/C25H30ClN5O6/c1-15-10-16(6-7-21(33)17-4-3-5-18(32)12-17)11-19(26)22(15)23(34)31-20(24(35)36)13-29-25(30-14-27)28-8-9-37-2/h3-5,10-12,20-21,32-33H,6-9,13H2,1-2H3,(H,31,34)(H,35,36)(H2,28,29,30)/t20-,21?/m0/s1. The van der Waals surface area contributed by atoms with Gasteiger partial charge in [0.1, 0.15) is 11.8 Å². The Labute approximate surface area is 219 Å². The van der Waals surface area contributed by atoms with Crippen molar-refractivity contribution in [2.24, 2.45) is 4.99 Å². The third-order valence-electron chi connectivity index (χ3n) is 5.37. The summed E-state index contributed by atoms with van der Waals surface area (Å²) >= 11 is 6.39. The van der Waals surface area contributed by atoms with E-state index in [9.17, 15) is 24.9 Å². The van der Waals surface area contributed by atoms with Crippen LogP contribution in [0, 0.1) is 18.4 Å². The molecule has 0 spiro atoms. The number of rotatable bonds is 12. The molecular formula is C25H30ClN5O6. The van der Waals surface area contributed by atoms with Crippen LogP contribution in [0.15, 0.2) is 41.4 Å². The number of hydrogen-bond acceptors (Lipinski definition) is 7. The number of hydrogen-bond donors (Lipinski definition) is 6. The van der Waals surface area contributed by atoms with Gasteiger partial charge in [-0.25, -0.2) is 4.79 Å². The van der Waals surface area contributed by atoms with Crippen LogP contribution in [0.25, 0.3) is 0 Å². The maximum Gasteiger partial charge on any atom is 0.328 e. The minimum Gasteiger partial charge on any atom is -0.508 e. The fraction of sp³-hybridized carbons (Fsp3) is 0.360. The van der Waals surface area contributed by atoms with Gasteiger partial charge in [0.2, 0.25) is 12.2 Å². The Bertz CT molecular complexity index is 1140. The van der Waals surface area contributed by atoms with Crippen molar-refractivity contribution >= 4 is 29.4 Å². The largest absolute Gasteiger partial charge is 0.508 e. The summed E-state index contributed by atoms with van der Waals surface area (Å²) in [6.07, 6.45) is 1.63. The normalized spacial score (nSPS) is 12.8. The first-order chi connectivity index (χ1) is 17.7. The van der Waals surface area contributed by atoms with Crippen molar-refractivity contribution in [3.63, 3.8) is 0 Å². The van der Waals surface area contributed by atoms with E-state index in [0.29, 0.717) is 37.1 Å². The maximum atomic E-state index is 12.9. The Hall–Kier alpha value is -3.85. The zero-order valence-corrected chi connectivity index (χ0v) is 21.2. The molecule has 0 aromatic heterocycles. The molecular weight excluding hydrogens is 502 g/mol. The van der Waals surface area contributed by atoms with Crippen LogP contribution in [0.3, 0.4) is 0 Å². The van der Waals surface area contributed by atoms with Gasteiger partial charge in [-0.05, 0) is 54.7 Å².